The van der Waals surface area contributed by atoms with Crippen LogP contribution in [-0.2, 0) is 0 Å². The molecule has 0 atom stereocenters. The van der Waals surface area contributed by atoms with Gasteiger partial charge in [-0.15, -0.1) is 22.7 Å². The van der Waals surface area contributed by atoms with Gasteiger partial charge in [-0.1, -0.05) is 6.07 Å². The zero-order valence-corrected chi connectivity index (χ0v) is 14.8. The molecule has 0 unspecified atom stereocenters. The minimum absolute atomic E-state index is 0.834. The summed E-state index contributed by atoms with van der Waals surface area (Å²) in [4.78, 5) is 3.67. The number of halogens is 1. The second-order valence-corrected chi connectivity index (χ2v) is 8.03. The average molecular weight is 424 g/mol. The van der Waals surface area contributed by atoms with Crippen LogP contribution >= 0.6 is 45.3 Å². The Morgan fingerprint density at radius 1 is 1.10 bits per heavy atom. The van der Waals surface area contributed by atoms with Gasteiger partial charge in [0.1, 0.15) is 11.0 Å². The molecule has 0 aliphatic carbocycles. The topological polar surface area (TPSA) is 38.9 Å². The lowest BCUT2D eigenvalue weighted by atomic mass is 10.1. The van der Waals surface area contributed by atoms with Gasteiger partial charge >= 0.3 is 0 Å². The Hall–Kier alpha value is -1.25. The lowest BCUT2D eigenvalue weighted by Gasteiger charge is -2.05. The van der Waals surface area contributed by atoms with Crippen LogP contribution in [-0.4, -0.2) is 10.3 Å². The van der Waals surface area contributed by atoms with E-state index in [4.69, 9.17) is 4.63 Å². The van der Waals surface area contributed by atoms with E-state index in [1.807, 2.05) is 6.07 Å². The maximum absolute atomic E-state index is 5.03. The molecule has 4 rings (SSSR count). The Kier molecular flexibility index (Phi) is 3.31. The smallest absolute Gasteiger partial charge is 0.145 e. The molecule has 6 heteroatoms. The SMILES string of the molecule is Cc1ccc(-c2cc(I)c(-c3cccs3)c3nonc23)s1. The fourth-order valence-electron chi connectivity index (χ4n) is 2.33. The summed E-state index contributed by atoms with van der Waals surface area (Å²) in [5.41, 5.74) is 3.87. The van der Waals surface area contributed by atoms with Crippen LogP contribution in [0.1, 0.15) is 4.88 Å². The fourth-order valence-corrected chi connectivity index (χ4v) is 5.04. The van der Waals surface area contributed by atoms with Crippen molar-refractivity contribution in [1.82, 2.24) is 10.3 Å². The number of benzene rings is 1. The lowest BCUT2D eigenvalue weighted by Crippen LogP contribution is -1.87. The van der Waals surface area contributed by atoms with Crippen molar-refractivity contribution in [3.05, 3.63) is 44.2 Å². The molecule has 4 aromatic rings. The highest BCUT2D eigenvalue weighted by atomic mass is 127. The molecule has 0 aliphatic rings. The minimum atomic E-state index is 0.834. The molecule has 0 fully saturated rings. The Labute approximate surface area is 142 Å². The Bertz CT molecular complexity index is 925. The summed E-state index contributed by atoms with van der Waals surface area (Å²) in [5.74, 6) is 0. The van der Waals surface area contributed by atoms with Gasteiger partial charge in [-0.25, -0.2) is 4.63 Å². The first-order chi connectivity index (χ1) is 10.2. The van der Waals surface area contributed by atoms with Crippen molar-refractivity contribution in [3.63, 3.8) is 0 Å². The number of aromatic nitrogens is 2. The Morgan fingerprint density at radius 3 is 2.67 bits per heavy atom. The number of nitrogens with zero attached hydrogens (tertiary/aromatic N) is 2. The van der Waals surface area contributed by atoms with E-state index in [1.165, 1.54) is 18.2 Å². The van der Waals surface area contributed by atoms with E-state index in [-0.39, 0.29) is 0 Å². The standard InChI is InChI=1S/C15H9IN2OS2/c1-8-4-5-11(21-8)9-7-10(16)13(12-3-2-6-20-12)15-14(9)17-19-18-15/h2-7H,1H3. The largest absolute Gasteiger partial charge is 0.243 e. The van der Waals surface area contributed by atoms with Gasteiger partial charge in [-0.3, -0.25) is 0 Å². The molecule has 0 spiro atoms. The van der Waals surface area contributed by atoms with E-state index >= 15 is 0 Å². The molecular formula is C15H9IN2OS2. The first-order valence-corrected chi connectivity index (χ1v) is 9.07. The highest BCUT2D eigenvalue weighted by molar-refractivity contribution is 14.1. The van der Waals surface area contributed by atoms with Crippen molar-refractivity contribution in [1.29, 1.82) is 0 Å². The van der Waals surface area contributed by atoms with E-state index < -0.39 is 0 Å². The first-order valence-electron chi connectivity index (χ1n) is 6.29. The van der Waals surface area contributed by atoms with E-state index in [0.29, 0.717) is 0 Å². The number of hydrogen-bond acceptors (Lipinski definition) is 5. The summed E-state index contributed by atoms with van der Waals surface area (Å²) in [5, 5.41) is 10.4. The second-order valence-electron chi connectivity index (χ2n) is 4.63. The van der Waals surface area contributed by atoms with Crippen LogP contribution in [0.3, 0.4) is 0 Å². The normalized spacial score (nSPS) is 11.3. The maximum atomic E-state index is 5.03. The molecule has 0 saturated heterocycles. The predicted molar refractivity (Wildman–Crippen MR) is 95.9 cm³/mol. The predicted octanol–water partition coefficient (Wildman–Crippen LogP) is 5.59. The molecule has 0 aliphatic heterocycles. The summed E-state index contributed by atoms with van der Waals surface area (Å²) in [7, 11) is 0. The molecule has 1 aromatic carbocycles. The summed E-state index contributed by atoms with van der Waals surface area (Å²) < 4.78 is 6.20. The van der Waals surface area contributed by atoms with Crippen molar-refractivity contribution in [2.75, 3.05) is 0 Å². The van der Waals surface area contributed by atoms with Crippen LogP contribution in [0.15, 0.2) is 40.3 Å². The maximum Gasteiger partial charge on any atom is 0.145 e. The third-order valence-electron chi connectivity index (χ3n) is 3.26. The average Bonchev–Trinajstić information content (AvgIpc) is 3.17. The summed E-state index contributed by atoms with van der Waals surface area (Å²) >= 11 is 5.83. The molecule has 0 N–H and O–H groups in total. The van der Waals surface area contributed by atoms with Gasteiger partial charge in [0.15, 0.2) is 0 Å². The Morgan fingerprint density at radius 2 is 1.95 bits per heavy atom. The van der Waals surface area contributed by atoms with Crippen LogP contribution < -0.4 is 0 Å². The third kappa shape index (κ3) is 2.21. The van der Waals surface area contributed by atoms with Gasteiger partial charge in [0.05, 0.1) is 0 Å². The van der Waals surface area contributed by atoms with Crippen LogP contribution in [0.4, 0.5) is 0 Å². The van der Waals surface area contributed by atoms with Gasteiger partial charge in [-0.05, 0) is 69.5 Å². The van der Waals surface area contributed by atoms with Crippen molar-refractivity contribution in [2.24, 2.45) is 0 Å². The molecule has 0 radical (unpaired) electrons. The van der Waals surface area contributed by atoms with Gasteiger partial charge in [0.2, 0.25) is 0 Å². The van der Waals surface area contributed by atoms with Gasteiger partial charge in [-0.2, -0.15) is 0 Å². The molecule has 21 heavy (non-hydrogen) atoms. The molecule has 3 aromatic heterocycles. The highest BCUT2D eigenvalue weighted by Crippen LogP contribution is 2.40. The lowest BCUT2D eigenvalue weighted by molar-refractivity contribution is 0.315. The van der Waals surface area contributed by atoms with E-state index in [0.717, 1.165) is 22.2 Å². The number of hydrogen-bond donors (Lipinski definition) is 0. The zero-order chi connectivity index (χ0) is 14.4. The van der Waals surface area contributed by atoms with Crippen LogP contribution in [0.2, 0.25) is 0 Å². The van der Waals surface area contributed by atoms with Gasteiger partial charge in [0.25, 0.3) is 0 Å². The molecule has 3 heterocycles. The zero-order valence-electron chi connectivity index (χ0n) is 11.0. The molecule has 0 amide bonds. The van der Waals surface area contributed by atoms with Crippen molar-refractivity contribution in [2.45, 2.75) is 6.92 Å². The molecule has 0 bridgehead atoms. The summed E-state index contributed by atoms with van der Waals surface area (Å²) in [6, 6.07) is 10.6. The summed E-state index contributed by atoms with van der Waals surface area (Å²) in [6.45, 7) is 2.11. The summed E-state index contributed by atoms with van der Waals surface area (Å²) in [6.07, 6.45) is 0. The highest BCUT2D eigenvalue weighted by Gasteiger charge is 2.19. The molecular weight excluding hydrogens is 415 g/mol. The quantitative estimate of drug-likeness (QED) is 0.394. The monoisotopic (exact) mass is 424 g/mol. The van der Waals surface area contributed by atoms with Crippen LogP contribution in [0, 0.1) is 10.5 Å². The Balaban J connectivity index is 2.04. The first kappa shape index (κ1) is 13.4. The van der Waals surface area contributed by atoms with E-state index in [9.17, 15) is 0 Å². The number of thiophene rings is 2. The van der Waals surface area contributed by atoms with Crippen molar-refractivity contribution in [3.8, 4) is 20.9 Å². The second kappa shape index (κ2) is 5.19. The molecule has 104 valence electrons. The van der Waals surface area contributed by atoms with Crippen LogP contribution in [0.5, 0.6) is 0 Å². The number of rotatable bonds is 2. The third-order valence-corrected chi connectivity index (χ3v) is 6.04. The van der Waals surface area contributed by atoms with Gasteiger partial charge < -0.3 is 0 Å². The molecule has 0 saturated carbocycles. The number of fused-ring (bicyclic) bond motifs is 1. The molecule has 3 nitrogen and oxygen atoms in total. The number of aryl methyl sites for hydroxylation is 1. The van der Waals surface area contributed by atoms with Crippen LogP contribution in [0.25, 0.3) is 31.9 Å². The van der Waals surface area contributed by atoms with Gasteiger partial charge in [0, 0.05) is 29.3 Å². The fraction of sp³-hybridized carbons (Fsp3) is 0.0667. The van der Waals surface area contributed by atoms with Crippen molar-refractivity contribution >= 4 is 56.3 Å². The minimum Gasteiger partial charge on any atom is -0.243 e. The van der Waals surface area contributed by atoms with E-state index in [1.54, 1.807) is 22.7 Å². The van der Waals surface area contributed by atoms with Crippen molar-refractivity contribution < 1.29 is 4.63 Å². The van der Waals surface area contributed by atoms with E-state index in [2.05, 4.69) is 69.5 Å².